The smallest absolute Gasteiger partial charge is 0.260 e. The number of anilines is 1. The molecule has 0 aromatic heterocycles. The van der Waals surface area contributed by atoms with E-state index in [1.54, 1.807) is 25.2 Å². The van der Waals surface area contributed by atoms with Gasteiger partial charge in [-0.15, -0.1) is 0 Å². The van der Waals surface area contributed by atoms with E-state index in [0.717, 1.165) is 10.8 Å². The van der Waals surface area contributed by atoms with Crippen LogP contribution < -0.4 is 14.8 Å². The summed E-state index contributed by atoms with van der Waals surface area (Å²) >= 11 is 5.97. The third kappa shape index (κ3) is 5.18. The number of carbonyl (C=O) groups is 2. The zero-order chi connectivity index (χ0) is 20.8. The number of hydrogen-bond donors (Lipinski definition) is 1. The Morgan fingerprint density at radius 3 is 2.59 bits per heavy atom. The molecule has 0 bridgehead atoms. The van der Waals surface area contributed by atoms with E-state index in [9.17, 15) is 9.59 Å². The van der Waals surface area contributed by atoms with E-state index in [0.29, 0.717) is 22.2 Å². The van der Waals surface area contributed by atoms with E-state index >= 15 is 0 Å². The largest absolute Gasteiger partial charge is 0.495 e. The first-order chi connectivity index (χ1) is 14.0. The highest BCUT2D eigenvalue weighted by molar-refractivity contribution is 6.31. The number of nitrogens with one attached hydrogen (secondary N) is 1. The van der Waals surface area contributed by atoms with Gasteiger partial charge in [0, 0.05) is 17.5 Å². The van der Waals surface area contributed by atoms with Crippen molar-refractivity contribution >= 4 is 39.9 Å². The zero-order valence-electron chi connectivity index (χ0n) is 16.1. The minimum absolute atomic E-state index is 0.132. The van der Waals surface area contributed by atoms with Gasteiger partial charge in [0.1, 0.15) is 11.5 Å². The molecule has 6 nitrogen and oxygen atoms in total. The van der Waals surface area contributed by atoms with Gasteiger partial charge in [0.15, 0.2) is 6.61 Å². The first kappa shape index (κ1) is 20.5. The quantitative estimate of drug-likeness (QED) is 0.637. The Labute approximate surface area is 174 Å². The van der Waals surface area contributed by atoms with Crippen molar-refractivity contribution in [1.29, 1.82) is 0 Å². The Bertz CT molecular complexity index is 1030. The van der Waals surface area contributed by atoms with E-state index in [-0.39, 0.29) is 25.0 Å². The maximum absolute atomic E-state index is 12.4. The van der Waals surface area contributed by atoms with Crippen molar-refractivity contribution in [1.82, 2.24) is 4.90 Å². The average Bonchev–Trinajstić information content (AvgIpc) is 2.72. The number of halogens is 1. The Balaban J connectivity index is 1.58. The number of hydrogen-bond acceptors (Lipinski definition) is 4. The second-order valence-corrected chi connectivity index (χ2v) is 6.84. The van der Waals surface area contributed by atoms with Crippen molar-refractivity contribution in [3.8, 4) is 11.5 Å². The molecule has 0 fully saturated rings. The summed E-state index contributed by atoms with van der Waals surface area (Å²) in [6, 6.07) is 18.3. The van der Waals surface area contributed by atoms with Crippen LogP contribution >= 0.6 is 11.6 Å². The van der Waals surface area contributed by atoms with Crippen LogP contribution in [-0.2, 0) is 9.59 Å². The average molecular weight is 413 g/mol. The van der Waals surface area contributed by atoms with Gasteiger partial charge in [0.05, 0.1) is 19.3 Å². The molecule has 0 spiro atoms. The van der Waals surface area contributed by atoms with Crippen LogP contribution in [0.2, 0.25) is 5.02 Å². The molecule has 0 saturated carbocycles. The molecule has 1 N–H and O–H groups in total. The summed E-state index contributed by atoms with van der Waals surface area (Å²) < 4.78 is 10.9. The molecule has 0 saturated heterocycles. The molecule has 0 aliphatic carbocycles. The third-order valence-electron chi connectivity index (χ3n) is 4.34. The Kier molecular flexibility index (Phi) is 6.57. The van der Waals surface area contributed by atoms with E-state index in [4.69, 9.17) is 21.1 Å². The molecule has 29 heavy (non-hydrogen) atoms. The summed E-state index contributed by atoms with van der Waals surface area (Å²) in [6.45, 7) is -0.300. The number of fused-ring (bicyclic) bond motifs is 1. The molecule has 0 radical (unpaired) electrons. The molecule has 0 heterocycles. The summed E-state index contributed by atoms with van der Waals surface area (Å²) in [5.74, 6) is 0.423. The maximum atomic E-state index is 12.4. The van der Waals surface area contributed by atoms with E-state index in [2.05, 4.69) is 5.32 Å². The molecule has 0 unspecified atom stereocenters. The van der Waals surface area contributed by atoms with Crippen molar-refractivity contribution in [3.63, 3.8) is 0 Å². The van der Waals surface area contributed by atoms with Gasteiger partial charge in [0.25, 0.3) is 5.91 Å². The lowest BCUT2D eigenvalue weighted by Crippen LogP contribution is -2.37. The number of likely N-dealkylation sites (N-methyl/N-ethyl adjacent to an activating group) is 1. The van der Waals surface area contributed by atoms with E-state index in [1.165, 1.54) is 12.0 Å². The number of nitrogens with zero attached hydrogens (tertiary/aromatic N) is 1. The van der Waals surface area contributed by atoms with E-state index < -0.39 is 0 Å². The minimum Gasteiger partial charge on any atom is -0.495 e. The number of rotatable bonds is 7. The van der Waals surface area contributed by atoms with Crippen LogP contribution in [0.1, 0.15) is 0 Å². The summed E-state index contributed by atoms with van der Waals surface area (Å²) in [5.41, 5.74) is 0.442. The van der Waals surface area contributed by atoms with Crippen LogP contribution in [0.15, 0.2) is 60.7 Å². The topological polar surface area (TPSA) is 67.9 Å². The van der Waals surface area contributed by atoms with Crippen LogP contribution in [-0.4, -0.2) is 44.0 Å². The predicted octanol–water partition coefficient (Wildman–Crippen LogP) is 3.98. The fourth-order valence-electron chi connectivity index (χ4n) is 2.84. The SMILES string of the molecule is COc1ccc(Cl)cc1NC(=O)CN(C)C(=O)COc1cccc2ccccc12. The second-order valence-electron chi connectivity index (χ2n) is 6.41. The molecular formula is C22H21ClN2O4. The zero-order valence-corrected chi connectivity index (χ0v) is 16.9. The van der Waals surface area contributed by atoms with Crippen LogP contribution in [0.25, 0.3) is 10.8 Å². The fraction of sp³-hybridized carbons (Fsp3) is 0.182. The van der Waals surface area contributed by atoms with Gasteiger partial charge in [0.2, 0.25) is 5.91 Å². The monoisotopic (exact) mass is 412 g/mol. The molecule has 150 valence electrons. The van der Waals surface area contributed by atoms with Crippen molar-refractivity contribution in [2.24, 2.45) is 0 Å². The third-order valence-corrected chi connectivity index (χ3v) is 4.58. The van der Waals surface area contributed by atoms with Crippen LogP contribution in [0.3, 0.4) is 0 Å². The molecule has 0 atom stereocenters. The highest BCUT2D eigenvalue weighted by atomic mass is 35.5. The standard InChI is InChI=1S/C22H21ClN2O4/c1-25(13-21(26)24-18-12-16(23)10-11-20(18)28-2)22(27)14-29-19-9-5-7-15-6-3-4-8-17(15)19/h3-12H,13-14H2,1-2H3,(H,24,26). The summed E-state index contributed by atoms with van der Waals surface area (Å²) in [6.07, 6.45) is 0. The normalized spacial score (nSPS) is 10.4. The summed E-state index contributed by atoms with van der Waals surface area (Å²) in [7, 11) is 3.04. The number of methoxy groups -OCH3 is 1. The van der Waals surface area contributed by atoms with Gasteiger partial charge in [-0.3, -0.25) is 9.59 Å². The first-order valence-corrected chi connectivity index (χ1v) is 9.33. The number of benzene rings is 3. The van der Waals surface area contributed by atoms with Gasteiger partial charge in [-0.2, -0.15) is 0 Å². The van der Waals surface area contributed by atoms with E-state index in [1.807, 2.05) is 42.5 Å². The molecule has 3 rings (SSSR count). The Morgan fingerprint density at radius 1 is 1.03 bits per heavy atom. The highest BCUT2D eigenvalue weighted by Gasteiger charge is 2.16. The molecule has 0 aliphatic rings. The van der Waals surface area contributed by atoms with Crippen LogP contribution in [0.5, 0.6) is 11.5 Å². The second kappa shape index (κ2) is 9.30. The Hall–Kier alpha value is -3.25. The molecular weight excluding hydrogens is 392 g/mol. The molecule has 7 heteroatoms. The van der Waals surface area contributed by atoms with Gasteiger partial charge in [-0.25, -0.2) is 0 Å². The lowest BCUT2D eigenvalue weighted by atomic mass is 10.1. The maximum Gasteiger partial charge on any atom is 0.260 e. The van der Waals surface area contributed by atoms with Gasteiger partial charge >= 0.3 is 0 Å². The highest BCUT2D eigenvalue weighted by Crippen LogP contribution is 2.27. The number of ether oxygens (including phenoxy) is 2. The van der Waals surface area contributed by atoms with Crippen molar-refractivity contribution in [2.75, 3.05) is 32.6 Å². The lowest BCUT2D eigenvalue weighted by molar-refractivity contribution is -0.135. The van der Waals surface area contributed by atoms with Crippen LogP contribution in [0, 0.1) is 0 Å². The Morgan fingerprint density at radius 2 is 1.79 bits per heavy atom. The molecule has 3 aromatic carbocycles. The van der Waals surface area contributed by atoms with Gasteiger partial charge in [-0.05, 0) is 29.7 Å². The van der Waals surface area contributed by atoms with Crippen molar-refractivity contribution < 1.29 is 19.1 Å². The van der Waals surface area contributed by atoms with Gasteiger partial charge in [-0.1, -0.05) is 48.0 Å². The lowest BCUT2D eigenvalue weighted by Gasteiger charge is -2.18. The van der Waals surface area contributed by atoms with Crippen molar-refractivity contribution in [2.45, 2.75) is 0 Å². The number of amides is 2. The first-order valence-electron chi connectivity index (χ1n) is 8.96. The molecule has 2 amide bonds. The predicted molar refractivity (Wildman–Crippen MR) is 114 cm³/mol. The minimum atomic E-state index is -0.369. The molecule has 3 aromatic rings. The van der Waals surface area contributed by atoms with Crippen LogP contribution in [0.4, 0.5) is 5.69 Å². The summed E-state index contributed by atoms with van der Waals surface area (Å²) in [5, 5.41) is 5.13. The van der Waals surface area contributed by atoms with Gasteiger partial charge < -0.3 is 19.7 Å². The van der Waals surface area contributed by atoms with Crippen molar-refractivity contribution in [3.05, 3.63) is 65.7 Å². The summed E-state index contributed by atoms with van der Waals surface area (Å²) in [4.78, 5) is 26.0. The molecule has 0 aliphatic heterocycles. The fourth-order valence-corrected chi connectivity index (χ4v) is 3.01. The number of carbonyl (C=O) groups excluding carboxylic acids is 2.